The van der Waals surface area contributed by atoms with Gasteiger partial charge in [-0.05, 0) is 36.9 Å². The molecule has 0 bridgehead atoms. The van der Waals surface area contributed by atoms with E-state index in [9.17, 15) is 9.59 Å². The first-order valence-electron chi connectivity index (χ1n) is 11.8. The van der Waals surface area contributed by atoms with Crippen molar-refractivity contribution in [2.24, 2.45) is 0 Å². The maximum absolute atomic E-state index is 12.9. The minimum Gasteiger partial charge on any atom is -0.462 e. The number of carbonyl (C=O) groups is 2. The summed E-state index contributed by atoms with van der Waals surface area (Å²) in [5, 5.41) is 8.16. The Balaban J connectivity index is 1.48. The van der Waals surface area contributed by atoms with Gasteiger partial charge in [0.05, 0.1) is 23.4 Å². The number of anilines is 1. The van der Waals surface area contributed by atoms with Crippen LogP contribution in [0.4, 0.5) is 5.00 Å². The monoisotopic (exact) mass is 527 g/mol. The van der Waals surface area contributed by atoms with Gasteiger partial charge in [-0.25, -0.2) is 9.78 Å². The molecule has 0 aliphatic rings. The third-order valence-electron chi connectivity index (χ3n) is 5.50. The fraction of sp³-hybridized carbons (Fsp3) is 0.346. The second kappa shape index (κ2) is 12.4. The number of esters is 1. The summed E-state index contributed by atoms with van der Waals surface area (Å²) < 4.78 is 7.50. The number of benzene rings is 1. The van der Waals surface area contributed by atoms with Gasteiger partial charge in [0.1, 0.15) is 10.6 Å². The topological polar surface area (TPSA) is 73.2 Å². The first kappa shape index (κ1) is 25.5. The van der Waals surface area contributed by atoms with Crippen molar-refractivity contribution in [1.29, 1.82) is 0 Å². The van der Waals surface area contributed by atoms with Gasteiger partial charge < -0.3 is 14.6 Å². The number of hydrogen-bond acceptors (Lipinski definition) is 7. The van der Waals surface area contributed by atoms with Crippen LogP contribution in [-0.4, -0.2) is 33.8 Å². The molecule has 9 heteroatoms. The number of amides is 1. The summed E-state index contributed by atoms with van der Waals surface area (Å²) in [4.78, 5) is 31.4. The van der Waals surface area contributed by atoms with Gasteiger partial charge in [0.25, 0.3) is 0 Å². The highest BCUT2D eigenvalue weighted by Gasteiger charge is 2.23. The minimum absolute atomic E-state index is 0.176. The fourth-order valence-electron chi connectivity index (χ4n) is 3.84. The molecule has 0 saturated heterocycles. The molecule has 0 radical (unpaired) electrons. The van der Waals surface area contributed by atoms with Gasteiger partial charge >= 0.3 is 5.97 Å². The van der Waals surface area contributed by atoms with Crippen LogP contribution in [-0.2, 0) is 16.1 Å². The number of nitrogens with zero attached hydrogens (tertiary/aromatic N) is 2. The smallest absolute Gasteiger partial charge is 0.341 e. The molecule has 3 aromatic heterocycles. The number of carbonyl (C=O) groups excluding carboxylic acids is 2. The van der Waals surface area contributed by atoms with Crippen molar-refractivity contribution in [2.75, 3.05) is 17.7 Å². The molecule has 0 aliphatic carbocycles. The number of para-hydroxylation sites is 2. The SMILES string of the molecule is CCCCCCn1c(SCC(=O)Nc2scc(-c3cccs3)c2C(=O)OCC)nc2ccccc21. The van der Waals surface area contributed by atoms with E-state index in [1.807, 2.05) is 41.1 Å². The van der Waals surface area contributed by atoms with Crippen molar-refractivity contribution in [3.63, 3.8) is 0 Å². The average molecular weight is 528 g/mol. The molecule has 0 fully saturated rings. The van der Waals surface area contributed by atoms with Gasteiger partial charge in [0.2, 0.25) is 5.91 Å². The molecule has 4 aromatic rings. The van der Waals surface area contributed by atoms with Crippen LogP contribution >= 0.6 is 34.4 Å². The fourth-order valence-corrected chi connectivity index (χ4v) is 6.47. The summed E-state index contributed by atoms with van der Waals surface area (Å²) >= 11 is 4.32. The molecular weight excluding hydrogens is 499 g/mol. The first-order chi connectivity index (χ1) is 17.1. The van der Waals surface area contributed by atoms with E-state index in [0.717, 1.165) is 39.6 Å². The summed E-state index contributed by atoms with van der Waals surface area (Å²) in [6.45, 7) is 5.14. The zero-order chi connectivity index (χ0) is 24.6. The van der Waals surface area contributed by atoms with Crippen LogP contribution in [0.1, 0.15) is 49.9 Å². The second-order valence-electron chi connectivity index (χ2n) is 7.98. The molecule has 0 unspecified atom stereocenters. The maximum Gasteiger partial charge on any atom is 0.341 e. The van der Waals surface area contributed by atoms with Crippen molar-refractivity contribution in [3.8, 4) is 10.4 Å². The number of aryl methyl sites for hydroxylation is 1. The number of fused-ring (bicyclic) bond motifs is 1. The molecule has 0 spiro atoms. The van der Waals surface area contributed by atoms with Gasteiger partial charge in [0.15, 0.2) is 5.16 Å². The van der Waals surface area contributed by atoms with E-state index < -0.39 is 5.97 Å². The summed E-state index contributed by atoms with van der Waals surface area (Å²) in [5.41, 5.74) is 3.24. The number of thiophene rings is 2. The molecule has 0 saturated carbocycles. The standard InChI is InChI=1S/C26H29N3O3S3/c1-3-5-6-9-14-29-20-12-8-7-11-19(20)27-26(29)35-17-22(30)28-24-23(25(31)32-4-2)18(16-34-24)21-13-10-15-33-21/h7-8,10-13,15-16H,3-6,9,14,17H2,1-2H3,(H,28,30). The normalized spacial score (nSPS) is 11.1. The second-order valence-corrected chi connectivity index (χ2v) is 10.8. The highest BCUT2D eigenvalue weighted by molar-refractivity contribution is 7.99. The Morgan fingerprint density at radius 3 is 2.71 bits per heavy atom. The highest BCUT2D eigenvalue weighted by Crippen LogP contribution is 2.38. The molecule has 0 atom stereocenters. The molecular formula is C26H29N3O3S3. The van der Waals surface area contributed by atoms with Gasteiger partial charge in [-0.3, -0.25) is 4.79 Å². The molecule has 35 heavy (non-hydrogen) atoms. The molecule has 1 amide bonds. The van der Waals surface area contributed by atoms with Crippen LogP contribution < -0.4 is 5.32 Å². The van der Waals surface area contributed by atoms with Crippen molar-refractivity contribution >= 4 is 62.3 Å². The lowest BCUT2D eigenvalue weighted by Gasteiger charge is -2.10. The Morgan fingerprint density at radius 1 is 1.09 bits per heavy atom. The van der Waals surface area contributed by atoms with E-state index in [1.54, 1.807) is 18.3 Å². The minimum atomic E-state index is -0.422. The van der Waals surface area contributed by atoms with Crippen LogP contribution in [0.15, 0.2) is 52.3 Å². The number of unbranched alkanes of at least 4 members (excludes halogenated alkanes) is 3. The molecule has 1 N–H and O–H groups in total. The number of nitrogens with one attached hydrogen (secondary N) is 1. The van der Waals surface area contributed by atoms with Crippen molar-refractivity contribution in [3.05, 3.63) is 52.7 Å². The Morgan fingerprint density at radius 2 is 1.94 bits per heavy atom. The number of aromatic nitrogens is 2. The summed E-state index contributed by atoms with van der Waals surface area (Å²) in [6.07, 6.45) is 4.67. The van der Waals surface area contributed by atoms with Gasteiger partial charge in [-0.1, -0.05) is 56.1 Å². The Hall–Kier alpha value is -2.62. The maximum atomic E-state index is 12.9. The lowest BCUT2D eigenvalue weighted by atomic mass is 10.1. The Bertz CT molecular complexity index is 1280. The van der Waals surface area contributed by atoms with E-state index >= 15 is 0 Å². The largest absolute Gasteiger partial charge is 0.462 e. The average Bonchev–Trinajstić information content (AvgIpc) is 3.59. The molecule has 0 aliphatic heterocycles. The number of hydrogen-bond donors (Lipinski definition) is 1. The van der Waals surface area contributed by atoms with E-state index in [0.29, 0.717) is 10.6 Å². The van der Waals surface area contributed by atoms with E-state index in [1.165, 1.54) is 42.4 Å². The molecule has 184 valence electrons. The molecule has 1 aromatic carbocycles. The van der Waals surface area contributed by atoms with Gasteiger partial charge in [-0.15, -0.1) is 22.7 Å². The summed E-state index contributed by atoms with van der Waals surface area (Å²) in [6, 6.07) is 12.0. The number of thioether (sulfide) groups is 1. The third kappa shape index (κ3) is 6.15. The van der Waals surface area contributed by atoms with Crippen LogP contribution in [0.5, 0.6) is 0 Å². The molecule has 4 rings (SSSR count). The third-order valence-corrected chi connectivity index (χ3v) is 8.27. The van der Waals surface area contributed by atoms with E-state index in [2.05, 4.69) is 22.9 Å². The first-order valence-corrected chi connectivity index (χ1v) is 14.6. The Labute approximate surface area is 217 Å². The summed E-state index contributed by atoms with van der Waals surface area (Å²) in [7, 11) is 0. The van der Waals surface area contributed by atoms with Crippen LogP contribution in [0, 0.1) is 0 Å². The van der Waals surface area contributed by atoms with Crippen molar-refractivity contribution < 1.29 is 14.3 Å². The number of imidazole rings is 1. The van der Waals surface area contributed by atoms with Crippen LogP contribution in [0.25, 0.3) is 21.5 Å². The quantitative estimate of drug-likeness (QED) is 0.119. The summed E-state index contributed by atoms with van der Waals surface area (Å²) in [5.74, 6) is -0.397. The van der Waals surface area contributed by atoms with Crippen molar-refractivity contribution in [2.45, 2.75) is 51.2 Å². The predicted molar refractivity (Wildman–Crippen MR) is 147 cm³/mol. The highest BCUT2D eigenvalue weighted by atomic mass is 32.2. The predicted octanol–water partition coefficient (Wildman–Crippen LogP) is 7.31. The van der Waals surface area contributed by atoms with E-state index in [4.69, 9.17) is 9.72 Å². The van der Waals surface area contributed by atoms with Crippen molar-refractivity contribution in [1.82, 2.24) is 9.55 Å². The van der Waals surface area contributed by atoms with Crippen LogP contribution in [0.3, 0.4) is 0 Å². The molecule has 6 nitrogen and oxygen atoms in total. The lowest BCUT2D eigenvalue weighted by molar-refractivity contribution is -0.113. The van der Waals surface area contributed by atoms with E-state index in [-0.39, 0.29) is 18.3 Å². The zero-order valence-electron chi connectivity index (χ0n) is 19.9. The number of rotatable bonds is 12. The number of ether oxygens (including phenoxy) is 1. The Kier molecular flexibility index (Phi) is 9.01. The zero-order valence-corrected chi connectivity index (χ0v) is 22.4. The molecule has 3 heterocycles. The van der Waals surface area contributed by atoms with Crippen LogP contribution in [0.2, 0.25) is 0 Å². The van der Waals surface area contributed by atoms with Gasteiger partial charge in [-0.2, -0.15) is 0 Å². The lowest BCUT2D eigenvalue weighted by Crippen LogP contribution is -2.16. The van der Waals surface area contributed by atoms with Gasteiger partial charge in [0, 0.05) is 22.4 Å².